The molecule has 5 rings (SSSR count). The Labute approximate surface area is 210 Å². The van der Waals surface area contributed by atoms with Crippen LogP contribution in [0.4, 0.5) is 10.5 Å². The van der Waals surface area contributed by atoms with Crippen LogP contribution in [0.3, 0.4) is 0 Å². The van der Waals surface area contributed by atoms with E-state index < -0.39 is 5.97 Å². The minimum absolute atomic E-state index is 0.0739. The van der Waals surface area contributed by atoms with Gasteiger partial charge in [0.25, 0.3) is 0 Å². The van der Waals surface area contributed by atoms with E-state index in [0.29, 0.717) is 5.56 Å². The van der Waals surface area contributed by atoms with Crippen LogP contribution in [-0.4, -0.2) is 44.6 Å². The van der Waals surface area contributed by atoms with E-state index in [1.807, 2.05) is 60.4 Å². The molecule has 0 bridgehead atoms. The molecular weight excluding hydrogens is 452 g/mol. The molecule has 4 aromatic rings. The zero-order valence-corrected chi connectivity index (χ0v) is 20.6. The van der Waals surface area contributed by atoms with Gasteiger partial charge in [0.05, 0.1) is 22.3 Å². The van der Waals surface area contributed by atoms with Crippen molar-refractivity contribution >= 4 is 28.7 Å². The summed E-state index contributed by atoms with van der Waals surface area (Å²) in [5, 5.41) is 12.8. The second-order valence-corrected chi connectivity index (χ2v) is 9.24. The average molecular weight is 483 g/mol. The lowest BCUT2D eigenvalue weighted by Crippen LogP contribution is -2.32. The number of benzene rings is 3. The van der Waals surface area contributed by atoms with Crippen LogP contribution in [0.15, 0.2) is 60.7 Å². The van der Waals surface area contributed by atoms with Gasteiger partial charge in [0.15, 0.2) is 0 Å². The van der Waals surface area contributed by atoms with E-state index in [2.05, 4.69) is 16.8 Å². The zero-order valence-electron chi connectivity index (χ0n) is 20.6. The second-order valence-electron chi connectivity index (χ2n) is 9.24. The molecule has 2 amide bonds. The Bertz CT molecular complexity index is 1450. The average Bonchev–Trinajstić information content (AvgIpc) is 3.53. The molecule has 184 valence electrons. The molecule has 1 aliphatic rings. The molecule has 0 unspecified atom stereocenters. The molecule has 1 aliphatic heterocycles. The maximum Gasteiger partial charge on any atom is 0.336 e. The van der Waals surface area contributed by atoms with Crippen molar-refractivity contribution in [1.29, 1.82) is 0 Å². The summed E-state index contributed by atoms with van der Waals surface area (Å²) in [6.07, 6.45) is 3.81. The lowest BCUT2D eigenvalue weighted by Gasteiger charge is -2.18. The number of carboxylic acids is 1. The molecule has 0 atom stereocenters. The quantitative estimate of drug-likeness (QED) is 0.339. The number of aromatic nitrogens is 2. The van der Waals surface area contributed by atoms with Crippen molar-refractivity contribution in [2.24, 2.45) is 0 Å². The van der Waals surface area contributed by atoms with Gasteiger partial charge in [-0.1, -0.05) is 37.3 Å². The Kier molecular flexibility index (Phi) is 6.46. The summed E-state index contributed by atoms with van der Waals surface area (Å²) in [6.45, 7) is 5.72. The number of amides is 2. The van der Waals surface area contributed by atoms with E-state index in [1.54, 1.807) is 12.1 Å². The Balaban J connectivity index is 1.63. The molecule has 2 heterocycles. The Hall–Kier alpha value is -4.13. The van der Waals surface area contributed by atoms with Crippen LogP contribution in [0.2, 0.25) is 0 Å². The number of hydrogen-bond acceptors (Lipinski definition) is 3. The number of carbonyl (C=O) groups excluding carboxylic acids is 1. The number of carboxylic acid groups (broad SMARTS) is 1. The third kappa shape index (κ3) is 4.33. The molecule has 36 heavy (non-hydrogen) atoms. The molecule has 0 spiro atoms. The Morgan fingerprint density at radius 2 is 1.75 bits per heavy atom. The number of likely N-dealkylation sites (tertiary alicyclic amines) is 1. The van der Waals surface area contributed by atoms with Gasteiger partial charge < -0.3 is 15.3 Å². The van der Waals surface area contributed by atoms with E-state index in [1.165, 1.54) is 0 Å². The summed E-state index contributed by atoms with van der Waals surface area (Å²) in [5.41, 5.74) is 6.23. The van der Waals surface area contributed by atoms with E-state index in [4.69, 9.17) is 4.98 Å². The largest absolute Gasteiger partial charge is 0.478 e. The minimum Gasteiger partial charge on any atom is -0.478 e. The third-order valence-corrected chi connectivity index (χ3v) is 6.84. The first-order valence-electron chi connectivity index (χ1n) is 12.5. The van der Waals surface area contributed by atoms with Gasteiger partial charge in [0.2, 0.25) is 0 Å². The number of carbonyl (C=O) groups is 2. The minimum atomic E-state index is -0.950. The highest BCUT2D eigenvalue weighted by Crippen LogP contribution is 2.33. The molecule has 1 aromatic heterocycles. The topological polar surface area (TPSA) is 87.5 Å². The number of aromatic carboxylic acids is 1. The Morgan fingerprint density at radius 1 is 1.00 bits per heavy atom. The van der Waals surface area contributed by atoms with Crippen LogP contribution in [0.25, 0.3) is 27.8 Å². The maximum atomic E-state index is 12.7. The van der Waals surface area contributed by atoms with Crippen LogP contribution in [0, 0.1) is 6.92 Å². The number of nitrogens with zero attached hydrogens (tertiary/aromatic N) is 3. The van der Waals surface area contributed by atoms with E-state index in [-0.39, 0.29) is 11.6 Å². The number of anilines is 1. The summed E-state index contributed by atoms with van der Waals surface area (Å²) < 4.78 is 2.15. The van der Waals surface area contributed by atoms with Crippen LogP contribution >= 0.6 is 0 Å². The molecule has 1 fully saturated rings. The first-order valence-corrected chi connectivity index (χ1v) is 12.5. The van der Waals surface area contributed by atoms with Gasteiger partial charge in [0, 0.05) is 25.2 Å². The summed E-state index contributed by atoms with van der Waals surface area (Å²) in [5.74, 6) is -0.0177. The van der Waals surface area contributed by atoms with E-state index >= 15 is 0 Å². The number of fused-ring (bicyclic) bond motifs is 1. The summed E-state index contributed by atoms with van der Waals surface area (Å²) >= 11 is 0. The van der Waals surface area contributed by atoms with Crippen molar-refractivity contribution in [2.45, 2.75) is 39.5 Å². The fourth-order valence-corrected chi connectivity index (χ4v) is 5.05. The SMILES string of the molecule is CCCc1nc2ccc(NC(=O)N3CCCC3)cc2n1-c1cccc(-c2ccccc2C(=O)O)c1C. The smallest absolute Gasteiger partial charge is 0.336 e. The fourth-order valence-electron chi connectivity index (χ4n) is 5.05. The predicted molar refractivity (Wildman–Crippen MR) is 142 cm³/mol. The molecule has 1 saturated heterocycles. The van der Waals surface area contributed by atoms with Crippen molar-refractivity contribution in [3.05, 3.63) is 77.6 Å². The highest BCUT2D eigenvalue weighted by molar-refractivity contribution is 5.97. The first kappa shape index (κ1) is 23.6. The molecular formula is C29H30N4O3. The number of urea groups is 1. The number of rotatable bonds is 6. The van der Waals surface area contributed by atoms with Gasteiger partial charge in [-0.25, -0.2) is 14.6 Å². The van der Waals surface area contributed by atoms with Gasteiger partial charge in [-0.2, -0.15) is 0 Å². The van der Waals surface area contributed by atoms with Crippen molar-refractivity contribution in [3.63, 3.8) is 0 Å². The number of hydrogen-bond donors (Lipinski definition) is 2. The van der Waals surface area contributed by atoms with Gasteiger partial charge in [-0.05, 0) is 73.2 Å². The highest BCUT2D eigenvalue weighted by Gasteiger charge is 2.20. The van der Waals surface area contributed by atoms with Crippen molar-refractivity contribution < 1.29 is 14.7 Å². The first-order chi connectivity index (χ1) is 17.5. The Morgan fingerprint density at radius 3 is 2.50 bits per heavy atom. The van der Waals surface area contributed by atoms with Gasteiger partial charge in [0.1, 0.15) is 5.82 Å². The van der Waals surface area contributed by atoms with Gasteiger partial charge in [-0.3, -0.25) is 4.57 Å². The zero-order chi connectivity index (χ0) is 25.2. The third-order valence-electron chi connectivity index (χ3n) is 6.84. The molecule has 0 saturated carbocycles. The summed E-state index contributed by atoms with van der Waals surface area (Å²) in [4.78, 5) is 31.4. The molecule has 2 N–H and O–H groups in total. The number of imidazole rings is 1. The van der Waals surface area contributed by atoms with Crippen molar-refractivity contribution in [1.82, 2.24) is 14.5 Å². The normalized spacial score (nSPS) is 13.3. The van der Waals surface area contributed by atoms with E-state index in [0.717, 1.165) is 78.1 Å². The summed E-state index contributed by atoms with van der Waals surface area (Å²) in [6, 6.07) is 18.8. The van der Waals surface area contributed by atoms with E-state index in [9.17, 15) is 14.7 Å². The lowest BCUT2D eigenvalue weighted by molar-refractivity contribution is 0.0697. The van der Waals surface area contributed by atoms with Crippen molar-refractivity contribution in [2.75, 3.05) is 18.4 Å². The van der Waals surface area contributed by atoms with Crippen LogP contribution < -0.4 is 5.32 Å². The number of nitrogens with one attached hydrogen (secondary N) is 1. The number of aryl methyl sites for hydroxylation is 1. The molecule has 0 radical (unpaired) electrons. The monoisotopic (exact) mass is 482 g/mol. The molecule has 3 aromatic carbocycles. The summed E-state index contributed by atoms with van der Waals surface area (Å²) in [7, 11) is 0. The van der Waals surface area contributed by atoms with Crippen LogP contribution in [-0.2, 0) is 6.42 Å². The predicted octanol–water partition coefficient (Wildman–Crippen LogP) is 6.28. The highest BCUT2D eigenvalue weighted by atomic mass is 16.4. The maximum absolute atomic E-state index is 12.7. The van der Waals surface area contributed by atoms with Crippen molar-refractivity contribution in [3.8, 4) is 16.8 Å². The lowest BCUT2D eigenvalue weighted by atomic mass is 9.95. The van der Waals surface area contributed by atoms with Crippen LogP contribution in [0.5, 0.6) is 0 Å². The molecule has 7 heteroatoms. The molecule has 0 aliphatic carbocycles. The fraction of sp³-hybridized carbons (Fsp3) is 0.276. The standard InChI is InChI=1S/C29H30N4O3/c1-3-9-27-31-24-15-14-20(30-29(36)32-16-6-7-17-32)18-26(24)33(27)25-13-8-12-21(19(25)2)22-10-4-5-11-23(22)28(34)35/h4-5,8,10-15,18H,3,6-7,9,16-17H2,1-2H3,(H,30,36)(H,34,35). The van der Waals surface area contributed by atoms with Crippen LogP contribution in [0.1, 0.15) is 47.9 Å². The second kappa shape index (κ2) is 9.85. The molecule has 7 nitrogen and oxygen atoms in total. The van der Waals surface area contributed by atoms with Gasteiger partial charge >= 0.3 is 12.0 Å². The van der Waals surface area contributed by atoms with Gasteiger partial charge in [-0.15, -0.1) is 0 Å².